The number of nitrogens with zero attached hydrogens (tertiary/aromatic N) is 1. The number of oxime groups is 1. The molecule has 1 saturated heterocycles. The summed E-state index contributed by atoms with van der Waals surface area (Å²) in [7, 11) is -3.03. The maximum atomic E-state index is 11.6. The van der Waals surface area contributed by atoms with Crippen LogP contribution in [0.2, 0.25) is 5.02 Å². The molecule has 7 nitrogen and oxygen atoms in total. The maximum Gasteiger partial charge on any atom is 0.261 e. The second-order valence-electron chi connectivity index (χ2n) is 4.93. The monoisotopic (exact) mass is 345 g/mol. The van der Waals surface area contributed by atoms with E-state index in [4.69, 9.17) is 22.2 Å². The fourth-order valence-corrected chi connectivity index (χ4v) is 3.90. The molecule has 0 aliphatic carbocycles. The van der Waals surface area contributed by atoms with Crippen LogP contribution in [-0.4, -0.2) is 44.3 Å². The van der Waals surface area contributed by atoms with E-state index in [2.05, 4.69) is 10.5 Å². The SMILES string of the molecule is NC(=NOCC(=O)NC1CCS(=O)(=O)C1)c1cccc(Cl)c1. The highest BCUT2D eigenvalue weighted by Crippen LogP contribution is 2.11. The maximum absolute atomic E-state index is 11.6. The predicted molar refractivity (Wildman–Crippen MR) is 83.3 cm³/mol. The molecule has 1 aliphatic rings. The molecule has 1 fully saturated rings. The summed E-state index contributed by atoms with van der Waals surface area (Å²) in [5.41, 5.74) is 6.28. The van der Waals surface area contributed by atoms with Crippen molar-refractivity contribution in [2.45, 2.75) is 12.5 Å². The summed E-state index contributed by atoms with van der Waals surface area (Å²) in [5, 5.41) is 6.73. The summed E-state index contributed by atoms with van der Waals surface area (Å²) in [6.07, 6.45) is 0.419. The van der Waals surface area contributed by atoms with Crippen LogP contribution >= 0.6 is 11.6 Å². The molecule has 9 heteroatoms. The molecule has 0 saturated carbocycles. The Hall–Kier alpha value is -1.80. The average Bonchev–Trinajstić information content (AvgIpc) is 2.77. The Labute approximate surface area is 133 Å². The van der Waals surface area contributed by atoms with Gasteiger partial charge in [-0.05, 0) is 18.6 Å². The lowest BCUT2D eigenvalue weighted by Gasteiger charge is -2.09. The van der Waals surface area contributed by atoms with E-state index in [0.717, 1.165) is 0 Å². The highest BCUT2D eigenvalue weighted by Gasteiger charge is 2.28. The van der Waals surface area contributed by atoms with Gasteiger partial charge in [-0.2, -0.15) is 0 Å². The molecule has 1 aromatic rings. The quantitative estimate of drug-likeness (QED) is 0.452. The van der Waals surface area contributed by atoms with E-state index in [1.165, 1.54) is 0 Å². The zero-order chi connectivity index (χ0) is 16.2. The Morgan fingerprint density at radius 3 is 2.91 bits per heavy atom. The fourth-order valence-electron chi connectivity index (χ4n) is 2.04. The first-order chi connectivity index (χ1) is 10.4. The summed E-state index contributed by atoms with van der Waals surface area (Å²) >= 11 is 5.83. The molecule has 0 spiro atoms. The van der Waals surface area contributed by atoms with E-state index in [-0.39, 0.29) is 30.0 Å². The van der Waals surface area contributed by atoms with Crippen molar-refractivity contribution < 1.29 is 18.0 Å². The number of sulfone groups is 1. The van der Waals surface area contributed by atoms with Gasteiger partial charge in [-0.3, -0.25) is 4.79 Å². The molecule has 3 N–H and O–H groups in total. The van der Waals surface area contributed by atoms with Crippen molar-refractivity contribution in [3.05, 3.63) is 34.9 Å². The zero-order valence-electron chi connectivity index (χ0n) is 11.7. The van der Waals surface area contributed by atoms with Gasteiger partial charge in [0, 0.05) is 16.6 Å². The van der Waals surface area contributed by atoms with Crippen molar-refractivity contribution in [3.8, 4) is 0 Å². The molecule has 1 aromatic carbocycles. The minimum absolute atomic E-state index is 0.0351. The molecular weight excluding hydrogens is 330 g/mol. The summed E-state index contributed by atoms with van der Waals surface area (Å²) in [5.74, 6) is -0.283. The van der Waals surface area contributed by atoms with Gasteiger partial charge in [0.1, 0.15) is 0 Å². The van der Waals surface area contributed by atoms with Crippen molar-refractivity contribution in [1.29, 1.82) is 0 Å². The van der Waals surface area contributed by atoms with Gasteiger partial charge >= 0.3 is 0 Å². The van der Waals surface area contributed by atoms with Gasteiger partial charge in [-0.25, -0.2) is 8.42 Å². The molecular formula is C13H16ClN3O4S. The number of hydrogen-bond donors (Lipinski definition) is 2. The Bertz CT molecular complexity index is 690. The van der Waals surface area contributed by atoms with Crippen LogP contribution in [0.5, 0.6) is 0 Å². The first-order valence-electron chi connectivity index (χ1n) is 6.57. The van der Waals surface area contributed by atoms with Crippen LogP contribution < -0.4 is 11.1 Å². The van der Waals surface area contributed by atoms with Crippen molar-refractivity contribution in [1.82, 2.24) is 5.32 Å². The molecule has 1 unspecified atom stereocenters. The lowest BCUT2D eigenvalue weighted by molar-refractivity contribution is -0.126. The van der Waals surface area contributed by atoms with Crippen molar-refractivity contribution in [2.75, 3.05) is 18.1 Å². The average molecular weight is 346 g/mol. The Kier molecular flexibility index (Phi) is 5.25. The highest BCUT2D eigenvalue weighted by atomic mass is 35.5. The minimum Gasteiger partial charge on any atom is -0.384 e. The fraction of sp³-hybridized carbons (Fsp3) is 0.385. The van der Waals surface area contributed by atoms with E-state index in [1.807, 2.05) is 0 Å². The van der Waals surface area contributed by atoms with E-state index in [9.17, 15) is 13.2 Å². The van der Waals surface area contributed by atoms with Gasteiger partial charge < -0.3 is 15.9 Å². The molecule has 2 rings (SSSR count). The summed E-state index contributed by atoms with van der Waals surface area (Å²) in [6, 6.07) is 6.37. The molecule has 0 bridgehead atoms. The van der Waals surface area contributed by atoms with Crippen molar-refractivity contribution in [3.63, 3.8) is 0 Å². The van der Waals surface area contributed by atoms with Gasteiger partial charge in [0.2, 0.25) is 0 Å². The molecule has 1 atom stereocenters. The number of amides is 1. The van der Waals surface area contributed by atoms with Gasteiger partial charge in [0.25, 0.3) is 5.91 Å². The van der Waals surface area contributed by atoms with E-state index in [0.29, 0.717) is 17.0 Å². The molecule has 0 radical (unpaired) electrons. The number of nitrogens with one attached hydrogen (secondary N) is 1. The second-order valence-corrected chi connectivity index (χ2v) is 7.59. The van der Waals surface area contributed by atoms with Crippen LogP contribution in [0.4, 0.5) is 0 Å². The van der Waals surface area contributed by atoms with E-state index in [1.54, 1.807) is 24.3 Å². The summed E-state index contributed by atoms with van der Waals surface area (Å²) < 4.78 is 22.6. The lowest BCUT2D eigenvalue weighted by atomic mass is 10.2. The highest BCUT2D eigenvalue weighted by molar-refractivity contribution is 7.91. The number of carbonyl (C=O) groups excluding carboxylic acids is 1. The number of amidine groups is 1. The molecule has 22 heavy (non-hydrogen) atoms. The van der Waals surface area contributed by atoms with Crippen LogP contribution in [0, 0.1) is 0 Å². The van der Waals surface area contributed by atoms with Crippen LogP contribution in [0.15, 0.2) is 29.4 Å². The molecule has 120 valence electrons. The van der Waals surface area contributed by atoms with E-state index < -0.39 is 15.7 Å². The Morgan fingerprint density at radius 2 is 2.27 bits per heavy atom. The molecule has 1 aliphatic heterocycles. The third-order valence-corrected chi connectivity index (χ3v) is 5.08. The van der Waals surface area contributed by atoms with Crippen LogP contribution in [0.25, 0.3) is 0 Å². The van der Waals surface area contributed by atoms with Gasteiger partial charge in [-0.1, -0.05) is 28.9 Å². The number of benzene rings is 1. The van der Waals surface area contributed by atoms with Gasteiger partial charge in [0.15, 0.2) is 22.3 Å². The standard InChI is InChI=1S/C13H16ClN3O4S/c14-10-3-1-2-9(6-10)13(15)17-21-7-12(18)16-11-4-5-22(19,20)8-11/h1-3,6,11H,4-5,7-8H2,(H2,15,17)(H,16,18). The number of halogens is 1. The molecule has 1 amide bonds. The summed E-state index contributed by atoms with van der Waals surface area (Å²) in [4.78, 5) is 16.5. The predicted octanol–water partition coefficient (Wildman–Crippen LogP) is 0.280. The zero-order valence-corrected chi connectivity index (χ0v) is 13.2. The second kappa shape index (κ2) is 6.97. The first kappa shape index (κ1) is 16.6. The number of nitrogens with two attached hydrogens (primary N) is 1. The van der Waals surface area contributed by atoms with Crippen LogP contribution in [-0.2, 0) is 19.5 Å². The van der Waals surface area contributed by atoms with Crippen molar-refractivity contribution >= 4 is 33.2 Å². The molecule has 0 aromatic heterocycles. The number of hydrogen-bond acceptors (Lipinski definition) is 5. The van der Waals surface area contributed by atoms with Crippen LogP contribution in [0.3, 0.4) is 0 Å². The third-order valence-electron chi connectivity index (χ3n) is 3.08. The smallest absolute Gasteiger partial charge is 0.261 e. The molecule has 1 heterocycles. The third kappa shape index (κ3) is 4.88. The first-order valence-corrected chi connectivity index (χ1v) is 8.77. The lowest BCUT2D eigenvalue weighted by Crippen LogP contribution is -2.37. The largest absolute Gasteiger partial charge is 0.384 e. The number of carbonyl (C=O) groups is 1. The topological polar surface area (TPSA) is 111 Å². The van der Waals surface area contributed by atoms with E-state index >= 15 is 0 Å². The normalized spacial score (nSPS) is 20.6. The van der Waals surface area contributed by atoms with Gasteiger partial charge in [-0.15, -0.1) is 0 Å². The minimum atomic E-state index is -3.03. The number of rotatable bonds is 5. The van der Waals surface area contributed by atoms with Gasteiger partial charge in [0.05, 0.1) is 11.5 Å². The van der Waals surface area contributed by atoms with Crippen molar-refractivity contribution in [2.24, 2.45) is 10.9 Å². The summed E-state index contributed by atoms with van der Waals surface area (Å²) in [6.45, 7) is -0.336. The van der Waals surface area contributed by atoms with Crippen LogP contribution in [0.1, 0.15) is 12.0 Å². The Morgan fingerprint density at radius 1 is 1.50 bits per heavy atom. The Balaban J connectivity index is 1.80.